The van der Waals surface area contributed by atoms with E-state index in [0.29, 0.717) is 12.6 Å². The molecule has 26 heavy (non-hydrogen) atoms. The highest BCUT2D eigenvalue weighted by molar-refractivity contribution is 14.0. The summed E-state index contributed by atoms with van der Waals surface area (Å²) in [5.74, 6) is 3.37. The molecule has 6 heteroatoms. The molecule has 0 unspecified atom stereocenters. The minimum absolute atomic E-state index is 0. The van der Waals surface area contributed by atoms with Crippen LogP contribution in [0, 0.1) is 5.92 Å². The van der Waals surface area contributed by atoms with Crippen molar-refractivity contribution in [2.24, 2.45) is 10.9 Å². The van der Waals surface area contributed by atoms with Crippen molar-refractivity contribution in [2.45, 2.75) is 58.1 Å². The second kappa shape index (κ2) is 10.8. The molecule has 2 fully saturated rings. The molecule has 0 heterocycles. The van der Waals surface area contributed by atoms with Gasteiger partial charge in [0.1, 0.15) is 0 Å². The second-order valence-electron chi connectivity index (χ2n) is 7.03. The van der Waals surface area contributed by atoms with Crippen LogP contribution in [0.3, 0.4) is 0 Å². The predicted octanol–water partition coefficient (Wildman–Crippen LogP) is 4.10. The molecule has 1 aromatic carbocycles. The van der Waals surface area contributed by atoms with E-state index in [1.165, 1.54) is 25.7 Å². The van der Waals surface area contributed by atoms with Crippen molar-refractivity contribution in [3.8, 4) is 11.5 Å². The molecular weight excluding hydrogens is 441 g/mol. The third-order valence-electron chi connectivity index (χ3n) is 4.84. The van der Waals surface area contributed by atoms with Gasteiger partial charge in [0.2, 0.25) is 0 Å². The van der Waals surface area contributed by atoms with E-state index in [-0.39, 0.29) is 24.0 Å². The first kappa shape index (κ1) is 21.1. The number of hydrogen-bond acceptors (Lipinski definition) is 3. The summed E-state index contributed by atoms with van der Waals surface area (Å²) in [5, 5.41) is 6.75. The van der Waals surface area contributed by atoms with Crippen molar-refractivity contribution < 1.29 is 9.47 Å². The number of rotatable bonds is 8. The zero-order chi connectivity index (χ0) is 17.5. The van der Waals surface area contributed by atoms with Crippen LogP contribution in [0.25, 0.3) is 0 Å². The maximum atomic E-state index is 6.17. The topological polar surface area (TPSA) is 54.9 Å². The normalized spacial score (nSPS) is 17.5. The summed E-state index contributed by atoms with van der Waals surface area (Å²) < 4.78 is 11.6. The average molecular weight is 473 g/mol. The minimum Gasteiger partial charge on any atom is -0.493 e. The molecule has 5 nitrogen and oxygen atoms in total. The van der Waals surface area contributed by atoms with E-state index in [1.807, 2.05) is 6.07 Å². The number of nitrogens with one attached hydrogen (secondary N) is 2. The lowest BCUT2D eigenvalue weighted by Crippen LogP contribution is -2.38. The van der Waals surface area contributed by atoms with Gasteiger partial charge in [-0.3, -0.25) is 0 Å². The SMILES string of the molecule is CCNC(=NCc1ccc(OC)c(OC2CCCC2)c1)NCC1CC1.I. The van der Waals surface area contributed by atoms with E-state index < -0.39 is 0 Å². The van der Waals surface area contributed by atoms with E-state index in [2.05, 4.69) is 29.7 Å². The van der Waals surface area contributed by atoms with Crippen LogP contribution in [0.15, 0.2) is 23.2 Å². The number of hydrogen-bond donors (Lipinski definition) is 2. The van der Waals surface area contributed by atoms with E-state index in [9.17, 15) is 0 Å². The van der Waals surface area contributed by atoms with Crippen LogP contribution >= 0.6 is 24.0 Å². The molecule has 146 valence electrons. The van der Waals surface area contributed by atoms with Crippen molar-refractivity contribution in [3.63, 3.8) is 0 Å². The molecular formula is C20H32IN3O2. The van der Waals surface area contributed by atoms with Gasteiger partial charge in [-0.15, -0.1) is 24.0 Å². The first-order valence-electron chi connectivity index (χ1n) is 9.64. The van der Waals surface area contributed by atoms with E-state index in [4.69, 9.17) is 14.5 Å². The number of halogens is 1. The fraction of sp³-hybridized carbons (Fsp3) is 0.650. The highest BCUT2D eigenvalue weighted by Gasteiger charge is 2.21. The smallest absolute Gasteiger partial charge is 0.191 e. The molecule has 0 aromatic heterocycles. The molecule has 0 radical (unpaired) electrons. The Morgan fingerprint density at radius 2 is 1.88 bits per heavy atom. The number of guanidine groups is 1. The van der Waals surface area contributed by atoms with E-state index in [0.717, 1.165) is 54.9 Å². The van der Waals surface area contributed by atoms with Crippen LogP contribution in [0.1, 0.15) is 51.0 Å². The minimum atomic E-state index is 0. The Bertz CT molecular complexity index is 584. The predicted molar refractivity (Wildman–Crippen MR) is 117 cm³/mol. The standard InChI is InChI=1S/C20H31N3O2.HI/c1-3-21-20(22-13-15-8-9-15)23-14-16-10-11-18(24-2)19(12-16)25-17-6-4-5-7-17;/h10-12,15,17H,3-9,13-14H2,1-2H3,(H2,21,22,23);1H. The average Bonchev–Trinajstić information content (AvgIpc) is 3.32. The van der Waals surface area contributed by atoms with Crippen molar-refractivity contribution in [3.05, 3.63) is 23.8 Å². The molecule has 0 spiro atoms. The van der Waals surface area contributed by atoms with E-state index in [1.54, 1.807) is 7.11 Å². The largest absolute Gasteiger partial charge is 0.493 e. The number of benzene rings is 1. The fourth-order valence-corrected chi connectivity index (χ4v) is 3.17. The molecule has 0 aliphatic heterocycles. The Balaban J connectivity index is 0.00000243. The van der Waals surface area contributed by atoms with Gasteiger partial charge in [0, 0.05) is 13.1 Å². The Hall–Kier alpha value is -1.18. The summed E-state index contributed by atoms with van der Waals surface area (Å²) in [6.45, 7) is 4.61. The van der Waals surface area contributed by atoms with Crippen LogP contribution in [0.2, 0.25) is 0 Å². The summed E-state index contributed by atoms with van der Waals surface area (Å²) in [4.78, 5) is 4.71. The number of methoxy groups -OCH3 is 1. The van der Waals surface area contributed by atoms with Gasteiger partial charge in [-0.2, -0.15) is 0 Å². The highest BCUT2D eigenvalue weighted by Crippen LogP contribution is 2.32. The van der Waals surface area contributed by atoms with E-state index >= 15 is 0 Å². The first-order chi connectivity index (χ1) is 12.3. The van der Waals surface area contributed by atoms with Crippen molar-refractivity contribution in [1.29, 1.82) is 0 Å². The van der Waals surface area contributed by atoms with Gasteiger partial charge in [0.25, 0.3) is 0 Å². The number of aliphatic imine (C=N–C) groups is 1. The highest BCUT2D eigenvalue weighted by atomic mass is 127. The maximum absolute atomic E-state index is 6.17. The van der Waals surface area contributed by atoms with Gasteiger partial charge in [0.15, 0.2) is 17.5 Å². The second-order valence-corrected chi connectivity index (χ2v) is 7.03. The number of nitrogens with zero attached hydrogens (tertiary/aromatic N) is 1. The summed E-state index contributed by atoms with van der Waals surface area (Å²) in [6, 6.07) is 6.12. The lowest BCUT2D eigenvalue weighted by atomic mass is 10.2. The van der Waals surface area contributed by atoms with Crippen LogP contribution in [0.5, 0.6) is 11.5 Å². The Morgan fingerprint density at radius 1 is 1.12 bits per heavy atom. The monoisotopic (exact) mass is 473 g/mol. The third kappa shape index (κ3) is 6.52. The maximum Gasteiger partial charge on any atom is 0.191 e. The molecule has 2 N–H and O–H groups in total. The molecule has 3 rings (SSSR count). The van der Waals surface area contributed by atoms with Gasteiger partial charge < -0.3 is 20.1 Å². The molecule has 0 amide bonds. The molecule has 1 aromatic rings. The molecule has 0 bridgehead atoms. The van der Waals surface area contributed by atoms with Gasteiger partial charge in [-0.05, 0) is 69.1 Å². The van der Waals surface area contributed by atoms with Gasteiger partial charge >= 0.3 is 0 Å². The number of ether oxygens (including phenoxy) is 2. The Kier molecular flexibility index (Phi) is 8.81. The zero-order valence-electron chi connectivity index (χ0n) is 15.9. The van der Waals surface area contributed by atoms with Crippen molar-refractivity contribution in [1.82, 2.24) is 10.6 Å². The van der Waals surface area contributed by atoms with Crippen molar-refractivity contribution >= 4 is 29.9 Å². The van der Waals surface area contributed by atoms with Crippen molar-refractivity contribution in [2.75, 3.05) is 20.2 Å². The lowest BCUT2D eigenvalue weighted by molar-refractivity contribution is 0.200. The van der Waals surface area contributed by atoms with Gasteiger partial charge in [-0.25, -0.2) is 4.99 Å². The Morgan fingerprint density at radius 3 is 2.54 bits per heavy atom. The zero-order valence-corrected chi connectivity index (χ0v) is 18.3. The lowest BCUT2D eigenvalue weighted by Gasteiger charge is -2.17. The fourth-order valence-electron chi connectivity index (χ4n) is 3.17. The molecule has 0 atom stereocenters. The summed E-state index contributed by atoms with van der Waals surface area (Å²) in [5.41, 5.74) is 1.14. The third-order valence-corrected chi connectivity index (χ3v) is 4.84. The summed E-state index contributed by atoms with van der Waals surface area (Å²) in [7, 11) is 1.69. The van der Waals surface area contributed by atoms with Crippen LogP contribution < -0.4 is 20.1 Å². The molecule has 2 aliphatic carbocycles. The van der Waals surface area contributed by atoms with Gasteiger partial charge in [-0.1, -0.05) is 6.07 Å². The molecule has 0 saturated heterocycles. The summed E-state index contributed by atoms with van der Waals surface area (Å²) >= 11 is 0. The molecule has 2 aliphatic rings. The first-order valence-corrected chi connectivity index (χ1v) is 9.64. The van der Waals surface area contributed by atoms with Crippen LogP contribution in [0.4, 0.5) is 0 Å². The quantitative estimate of drug-likeness (QED) is 0.339. The summed E-state index contributed by atoms with van der Waals surface area (Å²) in [6.07, 6.45) is 7.80. The van der Waals surface area contributed by atoms with Gasteiger partial charge in [0.05, 0.1) is 19.8 Å². The van der Waals surface area contributed by atoms with Crippen LogP contribution in [-0.4, -0.2) is 32.3 Å². The Labute approximate surface area is 174 Å². The van der Waals surface area contributed by atoms with Crippen LogP contribution in [-0.2, 0) is 6.54 Å². The molecule has 2 saturated carbocycles.